The Hall–Kier alpha value is -3.59. The van der Waals surface area contributed by atoms with Gasteiger partial charge in [0.2, 0.25) is 0 Å². The van der Waals surface area contributed by atoms with Crippen molar-refractivity contribution in [2.24, 2.45) is 5.92 Å². The molecule has 2 aromatic heterocycles. The van der Waals surface area contributed by atoms with Crippen LogP contribution in [0, 0.1) is 5.92 Å². The second-order valence-corrected chi connectivity index (χ2v) is 9.39. The first-order valence-electron chi connectivity index (χ1n) is 12.4. The number of carbonyl (C=O) groups is 1. The quantitative estimate of drug-likeness (QED) is 0.525. The van der Waals surface area contributed by atoms with Gasteiger partial charge in [-0.15, -0.1) is 0 Å². The molecule has 2 fully saturated rings. The van der Waals surface area contributed by atoms with Gasteiger partial charge in [0, 0.05) is 24.8 Å². The number of nitrogens with one attached hydrogen (secondary N) is 2. The summed E-state index contributed by atoms with van der Waals surface area (Å²) in [4.78, 5) is 24.8. The number of hydrogen-bond acceptors (Lipinski definition) is 7. The summed E-state index contributed by atoms with van der Waals surface area (Å²) in [7, 11) is 0. The number of rotatable bonds is 7. The van der Waals surface area contributed by atoms with Crippen LogP contribution in [0.15, 0.2) is 43.1 Å². The Morgan fingerprint density at radius 1 is 1.17 bits per heavy atom. The maximum atomic E-state index is 12.9. The molecule has 0 radical (unpaired) electrons. The molecule has 1 atom stereocenters. The predicted molar refractivity (Wildman–Crippen MR) is 129 cm³/mol. The van der Waals surface area contributed by atoms with Crippen LogP contribution in [0.5, 0.6) is 5.75 Å². The molecule has 2 aliphatic heterocycles. The van der Waals surface area contributed by atoms with Gasteiger partial charge in [-0.3, -0.25) is 10.2 Å². The number of hydrogen-bond donors (Lipinski definition) is 2. The number of carbonyl (C=O) groups excluding carboxylic acids is 1. The second-order valence-electron chi connectivity index (χ2n) is 9.39. The minimum atomic E-state index is -0.598. The molecular weight excluding hydrogens is 446 g/mol. The molecular formula is C26H29N5O4. The van der Waals surface area contributed by atoms with E-state index in [0.717, 1.165) is 43.9 Å². The van der Waals surface area contributed by atoms with Gasteiger partial charge in [-0.2, -0.15) is 0 Å². The summed E-state index contributed by atoms with van der Waals surface area (Å²) >= 11 is 0. The highest BCUT2D eigenvalue weighted by molar-refractivity contribution is 6.06. The molecule has 4 heterocycles. The van der Waals surface area contributed by atoms with Crippen LogP contribution in [0.1, 0.15) is 66.4 Å². The Bertz CT molecular complexity index is 1250. The average Bonchev–Trinajstić information content (AvgIpc) is 3.52. The number of fused-ring (bicyclic) bond motifs is 1. The summed E-state index contributed by atoms with van der Waals surface area (Å²) < 4.78 is 17.9. The van der Waals surface area contributed by atoms with Crippen LogP contribution in [0.25, 0.3) is 16.8 Å². The SMILES string of the molecule is O=C(NN1CCCCC1)c1c[nH]c2c(C3=COC(c4cccc(OCC5CCC5)c4)O3)ncnc12. The van der Waals surface area contributed by atoms with Gasteiger partial charge in [0.05, 0.1) is 17.7 Å². The number of amides is 1. The van der Waals surface area contributed by atoms with Crippen LogP contribution in [-0.2, 0) is 9.47 Å². The maximum absolute atomic E-state index is 12.9. The van der Waals surface area contributed by atoms with E-state index in [-0.39, 0.29) is 5.91 Å². The van der Waals surface area contributed by atoms with E-state index in [2.05, 4.69) is 20.4 Å². The third-order valence-corrected chi connectivity index (χ3v) is 6.93. The molecule has 1 saturated heterocycles. The van der Waals surface area contributed by atoms with Crippen molar-refractivity contribution in [1.82, 2.24) is 25.4 Å². The molecule has 6 rings (SSSR count). The van der Waals surface area contributed by atoms with E-state index in [0.29, 0.717) is 34.0 Å². The van der Waals surface area contributed by atoms with E-state index in [9.17, 15) is 4.79 Å². The fourth-order valence-corrected chi connectivity index (χ4v) is 4.69. The largest absolute Gasteiger partial charge is 0.493 e. The van der Waals surface area contributed by atoms with E-state index in [1.807, 2.05) is 29.3 Å². The number of benzene rings is 1. The Kier molecular flexibility index (Phi) is 5.99. The molecule has 182 valence electrons. The highest BCUT2D eigenvalue weighted by Crippen LogP contribution is 2.36. The molecule has 0 bridgehead atoms. The van der Waals surface area contributed by atoms with Gasteiger partial charge in [-0.25, -0.2) is 15.0 Å². The van der Waals surface area contributed by atoms with Gasteiger partial charge in [0.25, 0.3) is 12.2 Å². The number of H-pyrrole nitrogens is 1. The summed E-state index contributed by atoms with van der Waals surface area (Å²) in [5, 5.41) is 1.97. The topological polar surface area (TPSA) is 102 Å². The normalized spacial score (nSPS) is 20.6. The van der Waals surface area contributed by atoms with Crippen molar-refractivity contribution >= 4 is 22.7 Å². The molecule has 9 nitrogen and oxygen atoms in total. The van der Waals surface area contributed by atoms with Crippen molar-refractivity contribution in [2.45, 2.75) is 44.8 Å². The summed E-state index contributed by atoms with van der Waals surface area (Å²) in [6.07, 6.45) is 11.2. The Morgan fingerprint density at radius 3 is 2.89 bits per heavy atom. The van der Waals surface area contributed by atoms with Crippen LogP contribution in [0.3, 0.4) is 0 Å². The molecule has 3 aromatic rings. The monoisotopic (exact) mass is 475 g/mol. The van der Waals surface area contributed by atoms with E-state index >= 15 is 0 Å². The molecule has 2 N–H and O–H groups in total. The zero-order chi connectivity index (χ0) is 23.6. The standard InChI is InChI=1S/C26H29N5O4/c32-25(30-31-10-2-1-3-11-31)20-13-27-24-22(20)28-16-29-23(24)21-15-34-26(35-21)18-8-5-9-19(12-18)33-14-17-6-4-7-17/h5,8-9,12-13,15-17,26-27H,1-4,6-7,10-11,14H2,(H,30,32). The van der Waals surface area contributed by atoms with Crippen molar-refractivity contribution in [1.29, 1.82) is 0 Å². The maximum Gasteiger partial charge on any atom is 0.269 e. The zero-order valence-electron chi connectivity index (χ0n) is 19.5. The molecule has 3 aliphatic rings. The lowest BCUT2D eigenvalue weighted by atomic mass is 9.86. The highest BCUT2D eigenvalue weighted by atomic mass is 16.7. The van der Waals surface area contributed by atoms with Gasteiger partial charge < -0.3 is 19.2 Å². The van der Waals surface area contributed by atoms with Gasteiger partial charge in [-0.05, 0) is 43.7 Å². The average molecular weight is 476 g/mol. The minimum absolute atomic E-state index is 0.183. The highest BCUT2D eigenvalue weighted by Gasteiger charge is 2.27. The minimum Gasteiger partial charge on any atom is -0.493 e. The number of piperidine rings is 1. The van der Waals surface area contributed by atoms with Gasteiger partial charge in [-0.1, -0.05) is 25.0 Å². The van der Waals surface area contributed by atoms with Crippen LogP contribution < -0.4 is 10.2 Å². The first kappa shape index (κ1) is 21.9. The number of hydrazine groups is 1. The zero-order valence-corrected chi connectivity index (χ0v) is 19.5. The second kappa shape index (κ2) is 9.58. The molecule has 0 spiro atoms. The number of aromatic amines is 1. The van der Waals surface area contributed by atoms with E-state index in [1.54, 1.807) is 12.5 Å². The van der Waals surface area contributed by atoms with Crippen molar-refractivity contribution in [3.05, 3.63) is 59.9 Å². The van der Waals surface area contributed by atoms with E-state index in [4.69, 9.17) is 14.2 Å². The molecule has 1 saturated carbocycles. The third kappa shape index (κ3) is 4.55. The van der Waals surface area contributed by atoms with Crippen molar-refractivity contribution in [3.8, 4) is 5.75 Å². The van der Waals surface area contributed by atoms with Crippen molar-refractivity contribution < 1.29 is 19.0 Å². The van der Waals surface area contributed by atoms with E-state index in [1.165, 1.54) is 32.0 Å². The summed E-state index contributed by atoms with van der Waals surface area (Å²) in [6, 6.07) is 7.80. The fourth-order valence-electron chi connectivity index (χ4n) is 4.69. The lowest BCUT2D eigenvalue weighted by Crippen LogP contribution is -2.45. The van der Waals surface area contributed by atoms with Gasteiger partial charge in [0.15, 0.2) is 5.76 Å². The Morgan fingerprint density at radius 2 is 2.06 bits per heavy atom. The molecule has 1 amide bonds. The lowest BCUT2D eigenvalue weighted by Gasteiger charge is -2.26. The van der Waals surface area contributed by atoms with Crippen LogP contribution in [-0.4, -0.2) is 45.6 Å². The number of aromatic nitrogens is 3. The number of nitrogens with zero attached hydrogens (tertiary/aromatic N) is 3. The van der Waals surface area contributed by atoms with Crippen LogP contribution in [0.2, 0.25) is 0 Å². The third-order valence-electron chi connectivity index (χ3n) is 6.93. The first-order chi connectivity index (χ1) is 17.2. The van der Waals surface area contributed by atoms with Gasteiger partial charge >= 0.3 is 0 Å². The van der Waals surface area contributed by atoms with E-state index < -0.39 is 6.29 Å². The number of ether oxygens (including phenoxy) is 3. The first-order valence-corrected chi connectivity index (χ1v) is 12.4. The van der Waals surface area contributed by atoms with Crippen molar-refractivity contribution in [3.63, 3.8) is 0 Å². The fraction of sp³-hybridized carbons (Fsp3) is 0.423. The predicted octanol–water partition coefficient (Wildman–Crippen LogP) is 4.31. The molecule has 1 aromatic carbocycles. The smallest absolute Gasteiger partial charge is 0.269 e. The molecule has 1 aliphatic carbocycles. The van der Waals surface area contributed by atoms with Gasteiger partial charge in [0.1, 0.15) is 29.5 Å². The summed E-state index contributed by atoms with van der Waals surface area (Å²) in [5.41, 5.74) is 6.05. The summed E-state index contributed by atoms with van der Waals surface area (Å²) in [6.45, 7) is 2.47. The molecule has 9 heteroatoms. The van der Waals surface area contributed by atoms with Crippen LogP contribution >= 0.6 is 0 Å². The summed E-state index contributed by atoms with van der Waals surface area (Å²) in [5.74, 6) is 1.77. The lowest BCUT2D eigenvalue weighted by molar-refractivity contribution is -0.0174. The Labute approximate surface area is 203 Å². The Balaban J connectivity index is 1.16. The van der Waals surface area contributed by atoms with Crippen molar-refractivity contribution in [2.75, 3.05) is 19.7 Å². The van der Waals surface area contributed by atoms with Crippen LogP contribution in [0.4, 0.5) is 0 Å². The molecule has 35 heavy (non-hydrogen) atoms. The molecule has 1 unspecified atom stereocenters.